The van der Waals surface area contributed by atoms with E-state index in [1.54, 1.807) is 0 Å². The topological polar surface area (TPSA) is 12.0 Å². The van der Waals surface area contributed by atoms with Crippen molar-refractivity contribution in [1.82, 2.24) is 0 Å². The molecule has 0 saturated heterocycles. The molecular weight excluding hydrogens is 254 g/mol. The summed E-state index contributed by atoms with van der Waals surface area (Å²) in [7, 11) is 0. The van der Waals surface area contributed by atoms with Crippen LogP contribution in [0, 0.1) is 0 Å². The van der Waals surface area contributed by atoms with E-state index in [0.717, 1.165) is 0 Å². The number of hydrogen-bond donors (Lipinski definition) is 1. The maximum Gasteiger partial charge on any atom is 0.0516 e. The number of para-hydroxylation sites is 1. The van der Waals surface area contributed by atoms with Gasteiger partial charge in [0.1, 0.15) is 0 Å². The van der Waals surface area contributed by atoms with Gasteiger partial charge >= 0.3 is 0 Å². The highest BCUT2D eigenvalue weighted by atomic mass is 14.9. The predicted octanol–water partition coefficient (Wildman–Crippen LogP) is 5.86. The van der Waals surface area contributed by atoms with Gasteiger partial charge in [-0.1, -0.05) is 63.2 Å². The molecule has 1 nitrogen and oxygen atoms in total. The van der Waals surface area contributed by atoms with E-state index in [2.05, 4.69) is 74.6 Å². The molecule has 0 aliphatic heterocycles. The number of anilines is 1. The summed E-state index contributed by atoms with van der Waals surface area (Å²) in [6, 6.07) is 18.1. The van der Waals surface area contributed by atoms with E-state index in [1.165, 1.54) is 35.2 Å². The van der Waals surface area contributed by atoms with E-state index in [0.29, 0.717) is 17.9 Å². The first-order valence-electron chi connectivity index (χ1n) is 8.11. The summed E-state index contributed by atoms with van der Waals surface area (Å²) in [5, 5.41) is 3.81. The molecule has 2 atom stereocenters. The smallest absolute Gasteiger partial charge is 0.0516 e. The zero-order valence-electron chi connectivity index (χ0n) is 13.3. The van der Waals surface area contributed by atoms with Gasteiger partial charge < -0.3 is 5.32 Å². The lowest BCUT2D eigenvalue weighted by atomic mass is 9.81. The largest absolute Gasteiger partial charge is 0.378 e. The van der Waals surface area contributed by atoms with E-state index >= 15 is 0 Å². The molecule has 0 radical (unpaired) electrons. The second-order valence-electron chi connectivity index (χ2n) is 6.55. The van der Waals surface area contributed by atoms with Crippen LogP contribution in [0.15, 0.2) is 48.5 Å². The summed E-state index contributed by atoms with van der Waals surface area (Å²) >= 11 is 0. The summed E-state index contributed by atoms with van der Waals surface area (Å²) in [5.74, 6) is 1.23. The highest BCUT2D eigenvalue weighted by molar-refractivity contribution is 5.55. The van der Waals surface area contributed by atoms with E-state index < -0.39 is 0 Å². The molecule has 1 N–H and O–H groups in total. The molecular formula is C20H25N. The number of benzene rings is 2. The second-order valence-corrected chi connectivity index (χ2v) is 6.55. The Labute approximate surface area is 128 Å². The Hall–Kier alpha value is -1.76. The molecule has 110 valence electrons. The van der Waals surface area contributed by atoms with Gasteiger partial charge in [-0.25, -0.2) is 0 Å². The molecule has 1 heteroatoms. The van der Waals surface area contributed by atoms with Crippen LogP contribution in [0.3, 0.4) is 0 Å². The maximum absolute atomic E-state index is 3.81. The minimum absolute atomic E-state index is 0.442. The number of rotatable bonds is 3. The van der Waals surface area contributed by atoms with Crippen LogP contribution in [-0.4, -0.2) is 0 Å². The van der Waals surface area contributed by atoms with Crippen molar-refractivity contribution in [3.8, 4) is 0 Å². The molecule has 0 fully saturated rings. The van der Waals surface area contributed by atoms with Crippen molar-refractivity contribution in [1.29, 1.82) is 0 Å². The Bertz CT molecular complexity index is 615. The SMILES string of the molecule is CC(C)c1ccccc1NC1CCC(C)c2ccccc21. The highest BCUT2D eigenvalue weighted by Gasteiger charge is 2.24. The van der Waals surface area contributed by atoms with E-state index in [4.69, 9.17) is 0 Å². The van der Waals surface area contributed by atoms with Crippen LogP contribution < -0.4 is 5.32 Å². The molecule has 0 heterocycles. The average molecular weight is 279 g/mol. The van der Waals surface area contributed by atoms with E-state index in [9.17, 15) is 0 Å². The lowest BCUT2D eigenvalue weighted by Crippen LogP contribution is -2.19. The first kappa shape index (κ1) is 14.2. The molecule has 1 aliphatic rings. The van der Waals surface area contributed by atoms with Gasteiger partial charge in [-0.15, -0.1) is 0 Å². The summed E-state index contributed by atoms with van der Waals surface area (Å²) in [4.78, 5) is 0. The molecule has 1 aliphatic carbocycles. The molecule has 0 aromatic heterocycles. The molecule has 2 unspecified atom stereocenters. The monoisotopic (exact) mass is 279 g/mol. The lowest BCUT2D eigenvalue weighted by Gasteiger charge is -2.32. The Balaban J connectivity index is 1.92. The van der Waals surface area contributed by atoms with Crippen LogP contribution in [0.4, 0.5) is 5.69 Å². The quantitative estimate of drug-likeness (QED) is 0.742. The lowest BCUT2D eigenvalue weighted by molar-refractivity contribution is 0.534. The Morgan fingerprint density at radius 1 is 0.905 bits per heavy atom. The number of hydrogen-bond acceptors (Lipinski definition) is 1. The van der Waals surface area contributed by atoms with Gasteiger partial charge in [0.2, 0.25) is 0 Å². The molecule has 21 heavy (non-hydrogen) atoms. The van der Waals surface area contributed by atoms with Crippen LogP contribution in [0.25, 0.3) is 0 Å². The fraction of sp³-hybridized carbons (Fsp3) is 0.400. The van der Waals surface area contributed by atoms with Crippen LogP contribution in [0.2, 0.25) is 0 Å². The predicted molar refractivity (Wildman–Crippen MR) is 91.0 cm³/mol. The Morgan fingerprint density at radius 3 is 2.33 bits per heavy atom. The zero-order valence-corrected chi connectivity index (χ0v) is 13.3. The minimum atomic E-state index is 0.442. The van der Waals surface area contributed by atoms with Gasteiger partial charge in [-0.05, 0) is 47.4 Å². The Kier molecular flexibility index (Phi) is 4.01. The van der Waals surface area contributed by atoms with Crippen LogP contribution in [-0.2, 0) is 0 Å². The van der Waals surface area contributed by atoms with Gasteiger partial charge in [-0.2, -0.15) is 0 Å². The summed E-state index contributed by atoms with van der Waals surface area (Å²) < 4.78 is 0. The third kappa shape index (κ3) is 2.83. The molecule has 2 aromatic carbocycles. The highest BCUT2D eigenvalue weighted by Crippen LogP contribution is 2.39. The fourth-order valence-corrected chi connectivity index (χ4v) is 3.47. The van der Waals surface area contributed by atoms with Crippen LogP contribution >= 0.6 is 0 Å². The molecule has 0 spiro atoms. The van der Waals surface area contributed by atoms with Crippen molar-refractivity contribution in [3.05, 3.63) is 65.2 Å². The molecule has 0 saturated carbocycles. The normalized spacial score (nSPS) is 21.1. The van der Waals surface area contributed by atoms with Gasteiger partial charge in [0.05, 0.1) is 6.04 Å². The van der Waals surface area contributed by atoms with Crippen LogP contribution in [0.1, 0.15) is 68.2 Å². The maximum atomic E-state index is 3.81. The van der Waals surface area contributed by atoms with Crippen molar-refractivity contribution >= 4 is 5.69 Å². The standard InChI is InChI=1S/C20H25N/c1-14(2)16-8-6-7-11-19(16)21-20-13-12-15(3)17-9-4-5-10-18(17)20/h4-11,14-15,20-21H,12-13H2,1-3H3. The summed E-state index contributed by atoms with van der Waals surface area (Å²) in [6.07, 6.45) is 2.48. The first-order chi connectivity index (χ1) is 10.2. The van der Waals surface area contributed by atoms with Crippen molar-refractivity contribution in [2.24, 2.45) is 0 Å². The molecule has 2 aromatic rings. The van der Waals surface area contributed by atoms with Crippen molar-refractivity contribution in [2.45, 2.75) is 51.5 Å². The molecule has 0 amide bonds. The fourth-order valence-electron chi connectivity index (χ4n) is 3.47. The van der Waals surface area contributed by atoms with Crippen molar-refractivity contribution in [2.75, 3.05) is 5.32 Å². The number of nitrogens with one attached hydrogen (secondary N) is 1. The molecule has 3 rings (SSSR count). The van der Waals surface area contributed by atoms with Crippen LogP contribution in [0.5, 0.6) is 0 Å². The van der Waals surface area contributed by atoms with E-state index in [-0.39, 0.29) is 0 Å². The minimum Gasteiger partial charge on any atom is -0.378 e. The molecule has 0 bridgehead atoms. The number of fused-ring (bicyclic) bond motifs is 1. The summed E-state index contributed by atoms with van der Waals surface area (Å²) in [5.41, 5.74) is 5.70. The van der Waals surface area contributed by atoms with Crippen molar-refractivity contribution in [3.63, 3.8) is 0 Å². The summed E-state index contributed by atoms with van der Waals surface area (Å²) in [6.45, 7) is 6.87. The zero-order chi connectivity index (χ0) is 14.8. The van der Waals surface area contributed by atoms with Gasteiger partial charge in [0.25, 0.3) is 0 Å². The first-order valence-corrected chi connectivity index (χ1v) is 8.11. The van der Waals surface area contributed by atoms with E-state index in [1.807, 2.05) is 0 Å². The second kappa shape index (κ2) is 5.93. The Morgan fingerprint density at radius 2 is 1.57 bits per heavy atom. The third-order valence-corrected chi connectivity index (χ3v) is 4.70. The van der Waals surface area contributed by atoms with Gasteiger partial charge in [-0.3, -0.25) is 0 Å². The average Bonchev–Trinajstić information content (AvgIpc) is 2.51. The van der Waals surface area contributed by atoms with Gasteiger partial charge in [0.15, 0.2) is 0 Å². The van der Waals surface area contributed by atoms with Crippen molar-refractivity contribution < 1.29 is 0 Å². The third-order valence-electron chi connectivity index (χ3n) is 4.70. The van der Waals surface area contributed by atoms with Gasteiger partial charge in [0, 0.05) is 5.69 Å².